The highest BCUT2D eigenvalue weighted by molar-refractivity contribution is 7.49. The zero-order valence-corrected chi connectivity index (χ0v) is 64.7. The van der Waals surface area contributed by atoms with E-state index < -0.39 is 265 Å². The summed E-state index contributed by atoms with van der Waals surface area (Å²) in [6, 6.07) is 0. The predicted molar refractivity (Wildman–Crippen MR) is 300 cm³/mol. The van der Waals surface area contributed by atoms with E-state index in [2.05, 4.69) is 109 Å². The summed E-state index contributed by atoms with van der Waals surface area (Å²) >= 11 is 0. The fraction of sp³-hybridized carbons (Fsp3) is 1.00. The summed E-state index contributed by atoms with van der Waals surface area (Å²) in [6.07, 6.45) is 1.29. The van der Waals surface area contributed by atoms with Crippen molar-refractivity contribution in [2.24, 2.45) is 17.8 Å². The van der Waals surface area contributed by atoms with E-state index in [4.69, 9.17) is 14.9 Å². The Morgan fingerprint density at radius 2 is 0.376 bits per heavy atom. The molecule has 101 heavy (non-hydrogen) atoms. The van der Waals surface area contributed by atoms with Crippen molar-refractivity contribution in [2.45, 2.75) is 47.0 Å². The van der Waals surface area contributed by atoms with Gasteiger partial charge in [0.1, 0.15) is 0 Å². The number of aliphatic hydroxyl groups excluding tert-OH is 1. The number of hydrogen-bond donors (Lipinski definition) is 3. The van der Waals surface area contributed by atoms with Gasteiger partial charge in [0.05, 0.1) is 159 Å². The van der Waals surface area contributed by atoms with Crippen LogP contribution in [0.25, 0.3) is 0 Å². The molecular formula is C35H74O53P13-13. The zero-order valence-electron chi connectivity index (χ0n) is 53.1. The fourth-order valence-electron chi connectivity index (χ4n) is 4.91. The SMILES string of the molecule is CCC(C)COP(=O)([O-])OCCOP(=O)([O-])O.CCC(CO)COP(=O)([O-])OCCOP(=O)([O-])OCCOP(=O)([O-])OCCOP(=O)([O-])OCCOP(=O)([O-])OCCOP(=O)([O-])OCCOP(=O)([O-])OCCOP(=O)([O-])OCCOP(=O)([O-])OCCOP(=O)([O-])OCC(CC)COP(=O)([O-])O. The third-order valence-corrected chi connectivity index (χ3v) is 21.7. The Hall–Kier alpha value is 1.39. The molecule has 0 saturated carbocycles. The van der Waals surface area contributed by atoms with Crippen molar-refractivity contribution in [3.05, 3.63) is 0 Å². The standard InChI is InChI=1S/C28H69O45P11.C7H18O8P2/c1-3-27(23-29)24-72-83(49,50)69-21-19-67-81(45,46)65-17-15-63-79(41,42)61-13-11-59-77(37,38)57-9-7-55-75(33,34)53-5-6-54-76(35,36)56-8-10-58-78(39,40)60-12-14-62-80(43,44)64-16-18-66-82(47,48)68-20-22-70-84(51,52)73-26-28(4-2)25-71-74(30,31)32;1-3-7(2)6-15-17(11,12)14-5-4-13-16(8,9)10/h27-29H,3-26H2,1-2H3,(H,33,34)(H,35,36)(H,37,38)(H,39,40)(H,41,42)(H,43,44)(H,45,46)(H,47,48)(H,49,50)(H,51,52)(H2,30,31,32);7H,3-6H2,1-2H3,(H,11,12)(H2,8,9,10)/p-13. The second-order valence-electron chi connectivity index (χ2n) is 17.9. The van der Waals surface area contributed by atoms with Gasteiger partial charge < -0.3 is 187 Å². The summed E-state index contributed by atoms with van der Waals surface area (Å²) < 4.78 is 253. The molecule has 16 atom stereocenters. The molecular weight excluding hydrogens is 1670 g/mol. The molecule has 0 amide bonds. The first-order valence-electron chi connectivity index (χ1n) is 27.7. The minimum Gasteiger partial charge on any atom is -0.756 e. The number of hydrogen-bond acceptors (Lipinski definition) is 51. The normalized spacial score (nSPS) is 21.0. The van der Waals surface area contributed by atoms with Gasteiger partial charge in [0.15, 0.2) is 0 Å². The summed E-state index contributed by atoms with van der Waals surface area (Å²) in [7, 11) is -66.4. The molecule has 0 aliphatic carbocycles. The van der Waals surface area contributed by atoms with E-state index in [0.717, 1.165) is 6.42 Å². The van der Waals surface area contributed by atoms with Gasteiger partial charge in [-0.15, -0.1) is 0 Å². The molecule has 0 radical (unpaired) electrons. The Balaban J connectivity index is 0. The van der Waals surface area contributed by atoms with Crippen LogP contribution in [-0.4, -0.2) is 180 Å². The summed E-state index contributed by atoms with van der Waals surface area (Å²) in [5, 5.41) is 9.04. The van der Waals surface area contributed by atoms with Gasteiger partial charge in [-0.1, -0.05) is 34.1 Å². The molecule has 53 nitrogen and oxygen atoms in total. The van der Waals surface area contributed by atoms with Crippen LogP contribution < -0.4 is 63.6 Å². The highest BCUT2D eigenvalue weighted by Crippen LogP contribution is 2.48. The van der Waals surface area contributed by atoms with Gasteiger partial charge in [-0.05, 0) is 18.8 Å². The van der Waals surface area contributed by atoms with Crippen molar-refractivity contribution in [1.82, 2.24) is 0 Å². The van der Waals surface area contributed by atoms with Crippen LogP contribution in [0.2, 0.25) is 0 Å². The van der Waals surface area contributed by atoms with Crippen LogP contribution in [0.15, 0.2) is 0 Å². The van der Waals surface area contributed by atoms with E-state index in [-0.39, 0.29) is 25.6 Å². The van der Waals surface area contributed by atoms with Crippen LogP contribution in [0.1, 0.15) is 47.0 Å². The lowest BCUT2D eigenvalue weighted by atomic mass is 10.1. The molecule has 0 saturated heterocycles. The molecule has 0 fully saturated rings. The van der Waals surface area contributed by atoms with Gasteiger partial charge in [-0.2, -0.15) is 0 Å². The molecule has 0 rings (SSSR count). The van der Waals surface area contributed by atoms with Crippen molar-refractivity contribution in [1.29, 1.82) is 0 Å². The van der Waals surface area contributed by atoms with E-state index in [0.29, 0.717) is 6.42 Å². The first-order chi connectivity index (χ1) is 46.2. The summed E-state index contributed by atoms with van der Waals surface area (Å²) in [4.78, 5) is 167. The van der Waals surface area contributed by atoms with E-state index in [1.807, 2.05) is 13.8 Å². The van der Waals surface area contributed by atoms with Crippen LogP contribution in [-0.2, 0) is 168 Å². The van der Waals surface area contributed by atoms with Gasteiger partial charge in [0.2, 0.25) is 0 Å². The molecule has 610 valence electrons. The molecule has 0 spiro atoms. The smallest absolute Gasteiger partial charge is 0.268 e. The van der Waals surface area contributed by atoms with Crippen LogP contribution >= 0.6 is 102 Å². The quantitative estimate of drug-likeness (QED) is 0.0382. The van der Waals surface area contributed by atoms with Crippen LogP contribution in [0.5, 0.6) is 0 Å². The molecule has 0 aliphatic heterocycles. The Morgan fingerprint density at radius 1 is 0.228 bits per heavy atom. The minimum atomic E-state index is -5.31. The summed E-state index contributed by atoms with van der Waals surface area (Å²) in [6.45, 7) is -14.5. The second kappa shape index (κ2) is 51.8. The lowest BCUT2D eigenvalue weighted by Crippen LogP contribution is -2.20. The Bertz CT molecular complexity index is 2940. The van der Waals surface area contributed by atoms with Crippen LogP contribution in [0.3, 0.4) is 0 Å². The number of phosphoric ester groups is 13. The molecule has 0 heterocycles. The molecule has 66 heteroatoms. The highest BCUT2D eigenvalue weighted by Gasteiger charge is 2.22. The van der Waals surface area contributed by atoms with E-state index in [9.17, 15) is 123 Å². The van der Waals surface area contributed by atoms with Crippen LogP contribution in [0, 0.1) is 17.8 Å². The molecule has 0 aromatic heterocycles. The van der Waals surface area contributed by atoms with Gasteiger partial charge in [-0.3, -0.25) is 59.3 Å². The maximum absolute atomic E-state index is 11.9. The second-order valence-corrected chi connectivity index (χ2v) is 35.9. The van der Waals surface area contributed by atoms with Crippen molar-refractivity contribution < 1.29 is 246 Å². The van der Waals surface area contributed by atoms with E-state index >= 15 is 0 Å². The third kappa shape index (κ3) is 65.8. The summed E-state index contributed by atoms with van der Waals surface area (Å²) in [5.41, 5.74) is 0. The van der Waals surface area contributed by atoms with Crippen molar-refractivity contribution >= 4 is 102 Å². The van der Waals surface area contributed by atoms with Crippen LogP contribution in [0.4, 0.5) is 0 Å². The Morgan fingerprint density at radius 3 is 0.535 bits per heavy atom. The maximum atomic E-state index is 11.9. The molecule has 0 aromatic carbocycles. The molecule has 0 aromatic rings. The van der Waals surface area contributed by atoms with Gasteiger partial charge >= 0.3 is 0 Å². The van der Waals surface area contributed by atoms with Gasteiger partial charge in [-0.25, -0.2) is 0 Å². The Kier molecular flexibility index (Phi) is 53.6. The maximum Gasteiger partial charge on any atom is 0.268 e. The van der Waals surface area contributed by atoms with Crippen molar-refractivity contribution in [3.63, 3.8) is 0 Å². The first-order valence-corrected chi connectivity index (χ1v) is 46.8. The first kappa shape index (κ1) is 104. The molecule has 0 bridgehead atoms. The highest BCUT2D eigenvalue weighted by atomic mass is 31.2. The predicted octanol–water partition coefficient (Wildman–Crippen LogP) is -4.46. The molecule has 3 N–H and O–H groups in total. The lowest BCUT2D eigenvalue weighted by Gasteiger charge is -2.27. The zero-order chi connectivity index (χ0) is 78.0. The van der Waals surface area contributed by atoms with Gasteiger partial charge in [0.25, 0.3) is 102 Å². The lowest BCUT2D eigenvalue weighted by molar-refractivity contribution is -0.239. The number of rotatable bonds is 66. The molecule has 0 aliphatic rings. The van der Waals surface area contributed by atoms with E-state index in [1.165, 1.54) is 6.92 Å². The third-order valence-electron chi connectivity index (χ3n) is 9.86. The largest absolute Gasteiger partial charge is 0.756 e. The number of phosphoric acid groups is 13. The topological polar surface area (TPSA) is 804 Å². The monoisotopic (exact) mass is 1740 g/mol. The fourth-order valence-corrected chi connectivity index (χ4v) is 13.3. The van der Waals surface area contributed by atoms with Gasteiger partial charge in [0, 0.05) is 18.4 Å². The van der Waals surface area contributed by atoms with Crippen molar-refractivity contribution in [3.8, 4) is 0 Å². The van der Waals surface area contributed by atoms with Crippen molar-refractivity contribution in [2.75, 3.05) is 165 Å². The van der Waals surface area contributed by atoms with E-state index in [1.54, 1.807) is 6.92 Å². The number of aliphatic hydroxyl groups is 1. The Labute approximate surface area is 576 Å². The average molecular weight is 1750 g/mol. The average Bonchev–Trinajstić information content (AvgIpc) is 0.928. The minimum absolute atomic E-state index is 0.00180. The molecule has 16 unspecified atom stereocenters. The summed E-state index contributed by atoms with van der Waals surface area (Å²) in [5.74, 6) is -1.26.